The highest BCUT2D eigenvalue weighted by Gasteiger charge is 2.31. The minimum absolute atomic E-state index is 0.145. The molecule has 0 saturated carbocycles. The Balaban J connectivity index is 2.53. The van der Waals surface area contributed by atoms with Crippen LogP contribution in [0.5, 0.6) is 5.75 Å². The fraction of sp³-hybridized carbons (Fsp3) is 0.400. The highest BCUT2D eigenvalue weighted by atomic mass is 16.5. The van der Waals surface area contributed by atoms with E-state index in [0.717, 1.165) is 11.1 Å². The maximum atomic E-state index is 12.1. The second kappa shape index (κ2) is 5.15. The summed E-state index contributed by atoms with van der Waals surface area (Å²) in [6.07, 6.45) is -0.0893. The van der Waals surface area contributed by atoms with Crippen LogP contribution >= 0.6 is 0 Å². The molecular formula is C15H18O4. The number of aliphatic hydroxyl groups excluding tert-OH is 2. The molecule has 0 aromatic heterocycles. The SMILES string of the molecule is CC(C)=C1Oc2c(ccc(C[C@H](C)O)c2CO)C1=O. The molecule has 0 bridgehead atoms. The number of allylic oxidation sites excluding steroid dienone is 2. The molecule has 0 unspecified atom stereocenters. The third-order valence-corrected chi connectivity index (χ3v) is 3.14. The molecule has 0 saturated heterocycles. The van der Waals surface area contributed by atoms with E-state index in [1.165, 1.54) is 0 Å². The van der Waals surface area contributed by atoms with Gasteiger partial charge >= 0.3 is 0 Å². The van der Waals surface area contributed by atoms with Crippen molar-refractivity contribution in [1.29, 1.82) is 0 Å². The molecule has 2 rings (SSSR count). The quantitative estimate of drug-likeness (QED) is 0.817. The minimum Gasteiger partial charge on any atom is -0.452 e. The standard InChI is InChI=1S/C15H18O4/c1-8(2)14-13(18)11-5-4-10(6-9(3)17)12(7-16)15(11)19-14/h4-5,9,16-17H,6-7H2,1-3H3/t9-/m0/s1. The van der Waals surface area contributed by atoms with Crippen molar-refractivity contribution in [2.45, 2.75) is 39.9 Å². The van der Waals surface area contributed by atoms with Gasteiger partial charge in [-0.2, -0.15) is 0 Å². The molecule has 0 fully saturated rings. The van der Waals surface area contributed by atoms with Crippen molar-refractivity contribution in [1.82, 2.24) is 0 Å². The first-order chi connectivity index (χ1) is 8.95. The molecular weight excluding hydrogens is 244 g/mol. The van der Waals surface area contributed by atoms with Gasteiger partial charge in [0.05, 0.1) is 18.3 Å². The van der Waals surface area contributed by atoms with Crippen LogP contribution in [0.3, 0.4) is 0 Å². The van der Waals surface area contributed by atoms with Crippen LogP contribution in [0, 0.1) is 0 Å². The van der Waals surface area contributed by atoms with Gasteiger partial charge < -0.3 is 14.9 Å². The molecule has 0 radical (unpaired) electrons. The Bertz CT molecular complexity index is 552. The van der Waals surface area contributed by atoms with Crippen LogP contribution in [0.1, 0.15) is 42.3 Å². The van der Waals surface area contributed by atoms with Gasteiger partial charge in [-0.1, -0.05) is 6.07 Å². The maximum absolute atomic E-state index is 12.1. The van der Waals surface area contributed by atoms with Gasteiger partial charge in [-0.3, -0.25) is 4.79 Å². The third kappa shape index (κ3) is 2.41. The van der Waals surface area contributed by atoms with Gasteiger partial charge in [-0.25, -0.2) is 0 Å². The lowest BCUT2D eigenvalue weighted by Crippen LogP contribution is -2.08. The van der Waals surface area contributed by atoms with E-state index in [0.29, 0.717) is 29.1 Å². The van der Waals surface area contributed by atoms with Crippen molar-refractivity contribution in [3.05, 3.63) is 40.2 Å². The Morgan fingerprint density at radius 2 is 2.05 bits per heavy atom. The van der Waals surface area contributed by atoms with Crippen LogP contribution in [0.2, 0.25) is 0 Å². The van der Waals surface area contributed by atoms with Crippen molar-refractivity contribution in [3.8, 4) is 5.75 Å². The first-order valence-corrected chi connectivity index (χ1v) is 6.29. The lowest BCUT2D eigenvalue weighted by molar-refractivity contribution is 0.101. The zero-order valence-electron chi connectivity index (χ0n) is 11.4. The largest absolute Gasteiger partial charge is 0.452 e. The zero-order valence-corrected chi connectivity index (χ0v) is 11.4. The van der Waals surface area contributed by atoms with Crippen molar-refractivity contribution in [3.63, 3.8) is 0 Å². The summed E-state index contributed by atoms with van der Waals surface area (Å²) in [4.78, 5) is 12.1. The molecule has 1 aromatic rings. The highest BCUT2D eigenvalue weighted by Crippen LogP contribution is 2.37. The number of carbonyl (C=O) groups excluding carboxylic acids is 1. The van der Waals surface area contributed by atoms with Gasteiger partial charge in [-0.15, -0.1) is 0 Å². The Hall–Kier alpha value is -1.65. The number of benzene rings is 1. The van der Waals surface area contributed by atoms with E-state index in [1.54, 1.807) is 19.1 Å². The number of fused-ring (bicyclic) bond motifs is 1. The van der Waals surface area contributed by atoms with E-state index < -0.39 is 6.10 Å². The van der Waals surface area contributed by atoms with E-state index in [9.17, 15) is 15.0 Å². The normalized spacial score (nSPS) is 15.2. The fourth-order valence-electron chi connectivity index (χ4n) is 2.25. The van der Waals surface area contributed by atoms with Gasteiger partial charge in [0.15, 0.2) is 5.76 Å². The average Bonchev–Trinajstić information content (AvgIpc) is 2.66. The highest BCUT2D eigenvalue weighted by molar-refractivity contribution is 6.13. The van der Waals surface area contributed by atoms with E-state index in [-0.39, 0.29) is 12.4 Å². The molecule has 0 amide bonds. The topological polar surface area (TPSA) is 66.8 Å². The van der Waals surface area contributed by atoms with E-state index in [2.05, 4.69) is 0 Å². The molecule has 1 aliphatic heterocycles. The number of aliphatic hydroxyl groups is 2. The van der Waals surface area contributed by atoms with E-state index >= 15 is 0 Å². The maximum Gasteiger partial charge on any atom is 0.231 e. The smallest absolute Gasteiger partial charge is 0.231 e. The molecule has 102 valence electrons. The molecule has 1 aromatic carbocycles. The number of ether oxygens (including phenoxy) is 1. The summed E-state index contributed by atoms with van der Waals surface area (Å²) in [7, 11) is 0. The summed E-state index contributed by atoms with van der Waals surface area (Å²) < 4.78 is 5.61. The van der Waals surface area contributed by atoms with Crippen LogP contribution in [0.25, 0.3) is 0 Å². The molecule has 4 nitrogen and oxygen atoms in total. The molecule has 1 aliphatic rings. The second-order valence-electron chi connectivity index (χ2n) is 5.05. The molecule has 1 atom stereocenters. The van der Waals surface area contributed by atoms with Crippen LogP contribution < -0.4 is 4.74 Å². The van der Waals surface area contributed by atoms with Gasteiger partial charge in [0.1, 0.15) is 5.75 Å². The molecule has 19 heavy (non-hydrogen) atoms. The Morgan fingerprint density at radius 1 is 1.37 bits per heavy atom. The predicted octanol–water partition coefficient (Wildman–Crippen LogP) is 1.97. The van der Waals surface area contributed by atoms with E-state index in [1.807, 2.05) is 13.8 Å². The average molecular weight is 262 g/mol. The number of hydrogen-bond donors (Lipinski definition) is 2. The van der Waals surface area contributed by atoms with Gasteiger partial charge in [-0.05, 0) is 44.4 Å². The van der Waals surface area contributed by atoms with Crippen molar-refractivity contribution < 1.29 is 19.7 Å². The third-order valence-electron chi connectivity index (χ3n) is 3.14. The molecule has 0 aliphatic carbocycles. The Morgan fingerprint density at radius 3 is 2.58 bits per heavy atom. The van der Waals surface area contributed by atoms with Crippen LogP contribution in [0.4, 0.5) is 0 Å². The number of rotatable bonds is 3. The first-order valence-electron chi connectivity index (χ1n) is 6.29. The van der Waals surface area contributed by atoms with Crippen molar-refractivity contribution in [2.24, 2.45) is 0 Å². The minimum atomic E-state index is -0.511. The molecule has 2 N–H and O–H groups in total. The Kier molecular flexibility index (Phi) is 3.73. The van der Waals surface area contributed by atoms with Gasteiger partial charge in [0, 0.05) is 5.56 Å². The van der Waals surface area contributed by atoms with Gasteiger partial charge in [0.25, 0.3) is 0 Å². The lowest BCUT2D eigenvalue weighted by atomic mass is 9.97. The summed E-state index contributed by atoms with van der Waals surface area (Å²) >= 11 is 0. The number of ketones is 1. The summed E-state index contributed by atoms with van der Waals surface area (Å²) in [5.74, 6) is 0.619. The van der Waals surface area contributed by atoms with Crippen LogP contribution in [0.15, 0.2) is 23.5 Å². The summed E-state index contributed by atoms with van der Waals surface area (Å²) in [5.41, 5.74) is 2.68. The van der Waals surface area contributed by atoms with Crippen LogP contribution in [-0.2, 0) is 13.0 Å². The molecule has 0 spiro atoms. The number of Topliss-reactive ketones (excluding diaryl/α,β-unsaturated/α-hetero) is 1. The first kappa shape index (κ1) is 13.8. The van der Waals surface area contributed by atoms with Gasteiger partial charge in [0.2, 0.25) is 5.78 Å². The second-order valence-corrected chi connectivity index (χ2v) is 5.05. The zero-order chi connectivity index (χ0) is 14.2. The van der Waals surface area contributed by atoms with Crippen molar-refractivity contribution in [2.75, 3.05) is 0 Å². The van der Waals surface area contributed by atoms with Crippen LogP contribution in [-0.4, -0.2) is 22.1 Å². The Labute approximate surface area is 112 Å². The lowest BCUT2D eigenvalue weighted by Gasteiger charge is -2.12. The summed E-state index contributed by atoms with van der Waals surface area (Å²) in [5, 5.41) is 19.0. The fourth-order valence-corrected chi connectivity index (χ4v) is 2.25. The van der Waals surface area contributed by atoms with E-state index in [4.69, 9.17) is 4.74 Å². The number of carbonyl (C=O) groups is 1. The summed E-state index contributed by atoms with van der Waals surface area (Å²) in [6, 6.07) is 3.47. The summed E-state index contributed by atoms with van der Waals surface area (Å²) in [6.45, 7) is 5.10. The monoisotopic (exact) mass is 262 g/mol. The predicted molar refractivity (Wildman–Crippen MR) is 71.1 cm³/mol. The molecule has 4 heteroatoms. The van der Waals surface area contributed by atoms with Crippen molar-refractivity contribution >= 4 is 5.78 Å². The molecule has 1 heterocycles. The number of hydrogen-bond acceptors (Lipinski definition) is 4.